The van der Waals surface area contributed by atoms with Crippen LogP contribution in [0.1, 0.15) is 36.8 Å². The maximum atomic E-state index is 13.8. The van der Waals surface area contributed by atoms with Gasteiger partial charge >= 0.3 is 0 Å². The Hall–Kier alpha value is -3.14. The third kappa shape index (κ3) is 5.33. The third-order valence-electron chi connectivity index (χ3n) is 6.04. The van der Waals surface area contributed by atoms with Gasteiger partial charge in [0.25, 0.3) is 5.56 Å². The van der Waals surface area contributed by atoms with Crippen LogP contribution < -0.4 is 15.0 Å². The van der Waals surface area contributed by atoms with Crippen molar-refractivity contribution in [3.8, 4) is 11.5 Å². The van der Waals surface area contributed by atoms with E-state index in [1.54, 1.807) is 30.3 Å². The van der Waals surface area contributed by atoms with Crippen LogP contribution in [0, 0.1) is 0 Å². The summed E-state index contributed by atoms with van der Waals surface area (Å²) in [5.41, 5.74) is 1.50. The normalized spacial score (nSPS) is 12.3. The Balaban J connectivity index is 1.76. The number of aromatic nitrogens is 1. The van der Waals surface area contributed by atoms with Gasteiger partial charge in [0.2, 0.25) is 10.0 Å². The van der Waals surface area contributed by atoms with Gasteiger partial charge in [-0.2, -0.15) is 4.31 Å². The van der Waals surface area contributed by atoms with Gasteiger partial charge in [-0.25, -0.2) is 8.42 Å². The first-order chi connectivity index (χ1) is 17.0. The van der Waals surface area contributed by atoms with Crippen molar-refractivity contribution >= 4 is 32.3 Å². The van der Waals surface area contributed by atoms with E-state index in [0.29, 0.717) is 28.0 Å². The highest BCUT2D eigenvalue weighted by Crippen LogP contribution is 2.32. The number of hydrogen-bond donors (Lipinski definition) is 1. The molecular formula is C27H30N2O5S2. The Kier molecular flexibility index (Phi) is 7.26. The maximum absolute atomic E-state index is 13.8. The second kappa shape index (κ2) is 10.1. The zero-order valence-electron chi connectivity index (χ0n) is 21.0. The van der Waals surface area contributed by atoms with Gasteiger partial charge < -0.3 is 14.5 Å². The predicted octanol–water partition coefficient (Wildman–Crippen LogP) is 5.30. The molecule has 0 bridgehead atoms. The van der Waals surface area contributed by atoms with Crippen LogP contribution in [-0.2, 0) is 28.5 Å². The lowest BCUT2D eigenvalue weighted by molar-refractivity contribution is 0.355. The van der Waals surface area contributed by atoms with Crippen molar-refractivity contribution in [2.75, 3.05) is 14.2 Å². The van der Waals surface area contributed by atoms with E-state index < -0.39 is 10.0 Å². The number of thiophene rings is 1. The van der Waals surface area contributed by atoms with Crippen LogP contribution in [0.4, 0.5) is 0 Å². The summed E-state index contributed by atoms with van der Waals surface area (Å²) in [5.74, 6) is 1.01. The van der Waals surface area contributed by atoms with Crippen LogP contribution in [0.5, 0.6) is 11.5 Å². The Morgan fingerprint density at radius 3 is 2.19 bits per heavy atom. The second-order valence-corrected chi connectivity index (χ2v) is 12.5. The Morgan fingerprint density at radius 1 is 0.944 bits per heavy atom. The van der Waals surface area contributed by atoms with Crippen molar-refractivity contribution in [3.05, 3.63) is 86.3 Å². The molecule has 0 unspecified atom stereocenters. The largest absolute Gasteiger partial charge is 0.493 e. The highest BCUT2D eigenvalue weighted by molar-refractivity contribution is 7.89. The molecule has 9 heteroatoms. The molecule has 2 heterocycles. The summed E-state index contributed by atoms with van der Waals surface area (Å²) in [7, 11) is -0.825. The van der Waals surface area contributed by atoms with Gasteiger partial charge in [-0.05, 0) is 46.7 Å². The highest BCUT2D eigenvalue weighted by atomic mass is 32.2. The minimum atomic E-state index is -3.89. The summed E-state index contributed by atoms with van der Waals surface area (Å²) in [5, 5.41) is 2.62. The summed E-state index contributed by atoms with van der Waals surface area (Å²) < 4.78 is 39.6. The molecule has 2 aromatic carbocycles. The van der Waals surface area contributed by atoms with Crippen molar-refractivity contribution in [1.29, 1.82) is 0 Å². The maximum Gasteiger partial charge on any atom is 0.252 e. The fourth-order valence-corrected chi connectivity index (χ4v) is 6.16. The number of methoxy groups -OCH3 is 2. The summed E-state index contributed by atoms with van der Waals surface area (Å²) >= 11 is 1.47. The molecule has 4 aromatic rings. The van der Waals surface area contributed by atoms with E-state index in [4.69, 9.17) is 9.47 Å². The molecule has 2 aromatic heterocycles. The van der Waals surface area contributed by atoms with Gasteiger partial charge in [-0.3, -0.25) is 4.79 Å². The van der Waals surface area contributed by atoms with E-state index in [-0.39, 0.29) is 29.0 Å². The molecule has 7 nitrogen and oxygen atoms in total. The van der Waals surface area contributed by atoms with Crippen molar-refractivity contribution in [3.63, 3.8) is 0 Å². The number of nitrogens with one attached hydrogen (secondary N) is 1. The number of hydrogen-bond acceptors (Lipinski definition) is 6. The highest BCUT2D eigenvalue weighted by Gasteiger charge is 2.27. The quantitative estimate of drug-likeness (QED) is 0.337. The van der Waals surface area contributed by atoms with Crippen LogP contribution in [0.15, 0.2) is 69.7 Å². The van der Waals surface area contributed by atoms with Crippen molar-refractivity contribution in [1.82, 2.24) is 9.29 Å². The number of aromatic amines is 1. The average Bonchev–Trinajstić information content (AvgIpc) is 3.36. The number of pyridine rings is 1. The molecule has 1 N–H and O–H groups in total. The summed E-state index contributed by atoms with van der Waals surface area (Å²) in [6, 6.07) is 15.9. The first-order valence-electron chi connectivity index (χ1n) is 11.4. The van der Waals surface area contributed by atoms with E-state index in [0.717, 1.165) is 10.4 Å². The fourth-order valence-electron chi connectivity index (χ4n) is 3.96. The number of H-pyrrole nitrogens is 1. The van der Waals surface area contributed by atoms with Crippen LogP contribution in [0.25, 0.3) is 10.9 Å². The van der Waals surface area contributed by atoms with E-state index >= 15 is 0 Å². The molecule has 36 heavy (non-hydrogen) atoms. The van der Waals surface area contributed by atoms with Crippen LogP contribution >= 0.6 is 11.3 Å². The lowest BCUT2D eigenvalue weighted by atomic mass is 9.87. The van der Waals surface area contributed by atoms with Gasteiger partial charge in [0.05, 0.1) is 24.6 Å². The van der Waals surface area contributed by atoms with Gasteiger partial charge in [0.1, 0.15) is 0 Å². The van der Waals surface area contributed by atoms with Gasteiger partial charge in [-0.15, -0.1) is 11.3 Å². The summed E-state index contributed by atoms with van der Waals surface area (Å²) in [6.45, 7) is 6.31. The minimum absolute atomic E-state index is 0.0825. The van der Waals surface area contributed by atoms with Crippen molar-refractivity contribution < 1.29 is 17.9 Å². The average molecular weight is 527 g/mol. The third-order valence-corrected chi connectivity index (χ3v) is 8.71. The van der Waals surface area contributed by atoms with E-state index in [2.05, 4.69) is 25.8 Å². The number of fused-ring (bicyclic) bond motifs is 1. The summed E-state index contributed by atoms with van der Waals surface area (Å²) in [4.78, 5) is 16.9. The fraction of sp³-hybridized carbons (Fsp3) is 0.296. The molecule has 0 atom stereocenters. The molecule has 0 spiro atoms. The van der Waals surface area contributed by atoms with E-state index in [1.807, 2.05) is 29.6 Å². The van der Waals surface area contributed by atoms with Crippen LogP contribution in [0.3, 0.4) is 0 Å². The number of ether oxygens (including phenoxy) is 2. The number of sulfonamides is 1. The molecule has 0 saturated carbocycles. The zero-order valence-corrected chi connectivity index (χ0v) is 22.6. The number of nitrogens with zero attached hydrogens (tertiary/aromatic N) is 1. The molecule has 0 aliphatic carbocycles. The van der Waals surface area contributed by atoms with Gasteiger partial charge in [0, 0.05) is 35.0 Å². The van der Waals surface area contributed by atoms with E-state index in [1.165, 1.54) is 29.9 Å². The Bertz CT molecular complexity index is 1520. The molecule has 0 saturated heterocycles. The molecule has 190 valence electrons. The van der Waals surface area contributed by atoms with E-state index in [9.17, 15) is 13.2 Å². The van der Waals surface area contributed by atoms with Gasteiger partial charge in [-0.1, -0.05) is 39.0 Å². The Labute approximate surface area is 215 Å². The number of rotatable bonds is 8. The smallest absolute Gasteiger partial charge is 0.252 e. The molecule has 0 radical (unpaired) electrons. The van der Waals surface area contributed by atoms with Crippen LogP contribution in [-0.4, -0.2) is 31.9 Å². The predicted molar refractivity (Wildman–Crippen MR) is 144 cm³/mol. The molecule has 0 aliphatic heterocycles. The molecule has 0 aliphatic rings. The van der Waals surface area contributed by atoms with Gasteiger partial charge in [0.15, 0.2) is 11.5 Å². The SMILES string of the molecule is COc1cc2cc(CN(Cc3cccs3)S(=O)(=O)c3ccc(C(C)(C)C)cc3)c(=O)[nH]c2cc1OC. The molecule has 0 amide bonds. The second-order valence-electron chi connectivity index (χ2n) is 9.54. The lowest BCUT2D eigenvalue weighted by Crippen LogP contribution is -2.32. The van der Waals surface area contributed by atoms with Crippen molar-refractivity contribution in [2.45, 2.75) is 44.2 Å². The Morgan fingerprint density at radius 2 is 1.61 bits per heavy atom. The zero-order chi connectivity index (χ0) is 26.1. The first-order valence-corrected chi connectivity index (χ1v) is 13.8. The first kappa shape index (κ1) is 25.9. The molecular weight excluding hydrogens is 496 g/mol. The minimum Gasteiger partial charge on any atom is -0.493 e. The standard InChI is InChI=1S/C27H30N2O5S2/c1-27(2,3)20-8-10-22(11-9-20)36(31,32)29(17-21-7-6-12-35-21)16-19-13-18-14-24(33-4)25(34-5)15-23(18)28-26(19)30/h6-15H,16-17H2,1-5H3,(H,28,30). The summed E-state index contributed by atoms with van der Waals surface area (Å²) in [6.07, 6.45) is 0. The molecule has 4 rings (SSSR count). The van der Waals surface area contributed by atoms with Crippen molar-refractivity contribution in [2.24, 2.45) is 0 Å². The topological polar surface area (TPSA) is 88.7 Å². The monoisotopic (exact) mass is 526 g/mol. The molecule has 0 fully saturated rings. The lowest BCUT2D eigenvalue weighted by Gasteiger charge is -2.23. The number of benzene rings is 2. The van der Waals surface area contributed by atoms with Crippen LogP contribution in [0.2, 0.25) is 0 Å².